The first-order chi connectivity index (χ1) is 9.46. The standard InChI is InChI=1S/C14H24ClN3O2/c1-5-8-11-12(15)16-14(20)18(13(11)19)10(4)9-17(6-2)7-3/h10H,5-9H2,1-4H3,(H,16,20). The number of hydrogen-bond donors (Lipinski definition) is 1. The Bertz CT molecular complexity index is 546. The molecule has 0 bridgehead atoms. The Morgan fingerprint density at radius 1 is 1.25 bits per heavy atom. The van der Waals surface area contributed by atoms with Crippen molar-refractivity contribution in [3.63, 3.8) is 0 Å². The van der Waals surface area contributed by atoms with Gasteiger partial charge in [0.25, 0.3) is 5.56 Å². The van der Waals surface area contributed by atoms with Crippen LogP contribution in [0, 0.1) is 0 Å². The van der Waals surface area contributed by atoms with Crippen LogP contribution in [-0.2, 0) is 6.42 Å². The molecule has 5 nitrogen and oxygen atoms in total. The molecule has 1 aromatic heterocycles. The molecular weight excluding hydrogens is 278 g/mol. The van der Waals surface area contributed by atoms with Gasteiger partial charge >= 0.3 is 5.69 Å². The van der Waals surface area contributed by atoms with E-state index in [1.165, 1.54) is 4.57 Å². The summed E-state index contributed by atoms with van der Waals surface area (Å²) in [5.41, 5.74) is -0.195. The Morgan fingerprint density at radius 3 is 2.35 bits per heavy atom. The summed E-state index contributed by atoms with van der Waals surface area (Å²) >= 11 is 5.97. The monoisotopic (exact) mass is 301 g/mol. The van der Waals surface area contributed by atoms with Gasteiger partial charge in [-0.25, -0.2) is 4.79 Å². The lowest BCUT2D eigenvalue weighted by molar-refractivity contribution is 0.255. The number of rotatable bonds is 7. The topological polar surface area (TPSA) is 58.1 Å². The van der Waals surface area contributed by atoms with Crippen LogP contribution < -0.4 is 11.2 Å². The molecule has 6 heteroatoms. The first kappa shape index (κ1) is 17.0. The molecule has 1 N–H and O–H groups in total. The molecule has 20 heavy (non-hydrogen) atoms. The molecule has 114 valence electrons. The Kier molecular flexibility index (Phi) is 6.49. The van der Waals surface area contributed by atoms with Crippen molar-refractivity contribution in [2.45, 2.75) is 46.6 Å². The molecule has 1 aromatic rings. The lowest BCUT2D eigenvalue weighted by Crippen LogP contribution is -2.43. The fourth-order valence-corrected chi connectivity index (χ4v) is 2.62. The van der Waals surface area contributed by atoms with Crippen molar-refractivity contribution in [1.29, 1.82) is 0 Å². The van der Waals surface area contributed by atoms with Crippen molar-refractivity contribution in [3.8, 4) is 0 Å². The van der Waals surface area contributed by atoms with Crippen molar-refractivity contribution in [3.05, 3.63) is 31.6 Å². The number of aromatic nitrogens is 2. The minimum Gasteiger partial charge on any atom is -0.302 e. The van der Waals surface area contributed by atoms with E-state index in [0.29, 0.717) is 18.5 Å². The van der Waals surface area contributed by atoms with Crippen molar-refractivity contribution < 1.29 is 0 Å². The summed E-state index contributed by atoms with van der Waals surface area (Å²) in [4.78, 5) is 29.2. The fraction of sp³-hybridized carbons (Fsp3) is 0.714. The lowest BCUT2D eigenvalue weighted by atomic mass is 10.2. The van der Waals surface area contributed by atoms with Crippen LogP contribution in [0.1, 0.15) is 45.7 Å². The lowest BCUT2D eigenvalue weighted by Gasteiger charge is -2.23. The number of nitrogens with one attached hydrogen (secondary N) is 1. The van der Waals surface area contributed by atoms with Gasteiger partial charge in [-0.3, -0.25) is 14.3 Å². The maximum absolute atomic E-state index is 12.4. The van der Waals surface area contributed by atoms with Gasteiger partial charge in [-0.05, 0) is 26.4 Å². The van der Waals surface area contributed by atoms with Crippen LogP contribution >= 0.6 is 11.6 Å². The molecule has 0 fully saturated rings. The molecule has 1 rings (SSSR count). The third-order valence-electron chi connectivity index (χ3n) is 3.54. The van der Waals surface area contributed by atoms with Gasteiger partial charge in [-0.2, -0.15) is 0 Å². The van der Waals surface area contributed by atoms with Crippen LogP contribution in [-0.4, -0.2) is 34.1 Å². The highest BCUT2D eigenvalue weighted by molar-refractivity contribution is 6.30. The smallest absolute Gasteiger partial charge is 0.302 e. The van der Waals surface area contributed by atoms with Crippen molar-refractivity contribution in [2.24, 2.45) is 0 Å². The first-order valence-electron chi connectivity index (χ1n) is 7.21. The van der Waals surface area contributed by atoms with E-state index in [1.807, 2.05) is 13.8 Å². The summed E-state index contributed by atoms with van der Waals surface area (Å²) in [7, 11) is 0. The van der Waals surface area contributed by atoms with Gasteiger partial charge in [0.1, 0.15) is 5.15 Å². The summed E-state index contributed by atoms with van der Waals surface area (Å²) in [6, 6.07) is -0.181. The highest BCUT2D eigenvalue weighted by Crippen LogP contribution is 2.10. The molecule has 0 saturated carbocycles. The number of nitrogens with zero attached hydrogens (tertiary/aromatic N) is 2. The van der Waals surface area contributed by atoms with Crippen LogP contribution in [0.5, 0.6) is 0 Å². The van der Waals surface area contributed by atoms with Crippen molar-refractivity contribution in [1.82, 2.24) is 14.5 Å². The van der Waals surface area contributed by atoms with E-state index in [1.54, 1.807) is 0 Å². The van der Waals surface area contributed by atoms with E-state index in [2.05, 4.69) is 23.7 Å². The zero-order valence-corrected chi connectivity index (χ0v) is 13.5. The molecule has 0 saturated heterocycles. The molecule has 1 heterocycles. The van der Waals surface area contributed by atoms with Gasteiger partial charge in [0.2, 0.25) is 0 Å². The van der Waals surface area contributed by atoms with Crippen molar-refractivity contribution in [2.75, 3.05) is 19.6 Å². The van der Waals surface area contributed by atoms with E-state index in [4.69, 9.17) is 11.6 Å². The maximum atomic E-state index is 12.4. The Labute approximate surface area is 124 Å². The number of H-pyrrole nitrogens is 1. The predicted octanol–water partition coefficient (Wildman–Crippen LogP) is 2.05. The van der Waals surface area contributed by atoms with E-state index < -0.39 is 5.69 Å². The third kappa shape index (κ3) is 3.73. The van der Waals surface area contributed by atoms with Gasteiger partial charge in [-0.1, -0.05) is 38.8 Å². The van der Waals surface area contributed by atoms with E-state index in [0.717, 1.165) is 19.5 Å². The largest absolute Gasteiger partial charge is 0.329 e. The van der Waals surface area contributed by atoms with E-state index >= 15 is 0 Å². The molecule has 0 spiro atoms. The summed E-state index contributed by atoms with van der Waals surface area (Å²) in [5, 5.41) is 0.174. The van der Waals surface area contributed by atoms with Gasteiger partial charge in [0.15, 0.2) is 0 Å². The Hall–Kier alpha value is -1.07. The Balaban J connectivity index is 3.20. The minimum absolute atomic E-state index is 0.174. The highest BCUT2D eigenvalue weighted by Gasteiger charge is 2.17. The summed E-state index contributed by atoms with van der Waals surface area (Å²) in [6.45, 7) is 10.4. The fourth-order valence-electron chi connectivity index (χ4n) is 2.37. The summed E-state index contributed by atoms with van der Waals surface area (Å²) in [6.07, 6.45) is 1.39. The second kappa shape index (κ2) is 7.64. The Morgan fingerprint density at radius 2 is 1.85 bits per heavy atom. The van der Waals surface area contributed by atoms with Crippen LogP contribution in [0.2, 0.25) is 5.15 Å². The molecule has 0 aromatic carbocycles. The maximum Gasteiger partial charge on any atom is 0.329 e. The normalized spacial score (nSPS) is 12.9. The second-order valence-corrected chi connectivity index (χ2v) is 5.36. The highest BCUT2D eigenvalue weighted by atomic mass is 35.5. The number of halogens is 1. The van der Waals surface area contributed by atoms with Crippen LogP contribution in [0.25, 0.3) is 0 Å². The zero-order chi connectivity index (χ0) is 15.3. The van der Waals surface area contributed by atoms with Crippen LogP contribution in [0.3, 0.4) is 0 Å². The first-order valence-corrected chi connectivity index (χ1v) is 7.59. The number of aromatic amines is 1. The molecule has 1 unspecified atom stereocenters. The average Bonchev–Trinajstić information content (AvgIpc) is 2.40. The molecular formula is C14H24ClN3O2. The van der Waals surface area contributed by atoms with Crippen molar-refractivity contribution >= 4 is 11.6 Å². The number of hydrogen-bond acceptors (Lipinski definition) is 3. The third-order valence-corrected chi connectivity index (χ3v) is 3.86. The van der Waals surface area contributed by atoms with E-state index in [9.17, 15) is 9.59 Å². The zero-order valence-electron chi connectivity index (χ0n) is 12.7. The van der Waals surface area contributed by atoms with Crippen LogP contribution in [0.15, 0.2) is 9.59 Å². The molecule has 1 atom stereocenters. The van der Waals surface area contributed by atoms with Gasteiger partial charge in [0, 0.05) is 6.54 Å². The second-order valence-electron chi connectivity index (χ2n) is 4.98. The van der Waals surface area contributed by atoms with Crippen LogP contribution in [0.4, 0.5) is 0 Å². The average molecular weight is 302 g/mol. The van der Waals surface area contributed by atoms with Gasteiger partial charge < -0.3 is 4.90 Å². The SMILES string of the molecule is CCCc1c(Cl)[nH]c(=O)n(C(C)CN(CC)CC)c1=O. The predicted molar refractivity (Wildman–Crippen MR) is 82.8 cm³/mol. The minimum atomic E-state index is -0.431. The summed E-state index contributed by atoms with van der Waals surface area (Å²) in [5.74, 6) is 0. The molecule has 0 aliphatic rings. The van der Waals surface area contributed by atoms with E-state index in [-0.39, 0.29) is 16.8 Å². The molecule has 0 aliphatic carbocycles. The quantitative estimate of drug-likeness (QED) is 0.784. The van der Waals surface area contributed by atoms with Gasteiger partial charge in [-0.15, -0.1) is 0 Å². The number of likely N-dealkylation sites (N-methyl/N-ethyl adjacent to an activating group) is 1. The molecule has 0 radical (unpaired) electrons. The molecule has 0 amide bonds. The van der Waals surface area contributed by atoms with Gasteiger partial charge in [0.05, 0.1) is 11.6 Å². The summed E-state index contributed by atoms with van der Waals surface area (Å²) < 4.78 is 1.29. The molecule has 0 aliphatic heterocycles.